The van der Waals surface area contributed by atoms with Crippen molar-refractivity contribution in [2.75, 3.05) is 51.2 Å². The number of aliphatic imine (C=N–C) groups is 1. The van der Waals surface area contributed by atoms with Crippen molar-refractivity contribution < 1.29 is 9.18 Å². The zero-order valence-corrected chi connectivity index (χ0v) is 17.0. The van der Waals surface area contributed by atoms with Gasteiger partial charge in [0.1, 0.15) is 5.82 Å². The van der Waals surface area contributed by atoms with Crippen molar-refractivity contribution in [2.45, 2.75) is 6.92 Å². The lowest BCUT2D eigenvalue weighted by Gasteiger charge is -2.37. The third-order valence-corrected chi connectivity index (χ3v) is 5.04. The summed E-state index contributed by atoms with van der Waals surface area (Å²) in [5, 5.41) is 6.10. The molecular formula is C22H28FN5O. The second kappa shape index (κ2) is 9.91. The minimum absolute atomic E-state index is 0.280. The number of anilines is 1. The number of hydrogen-bond donors (Lipinski definition) is 2. The molecule has 2 aromatic rings. The molecule has 2 N–H and O–H groups in total. The van der Waals surface area contributed by atoms with Crippen LogP contribution in [0.3, 0.4) is 0 Å². The molecular weight excluding hydrogens is 369 g/mol. The van der Waals surface area contributed by atoms with Crippen molar-refractivity contribution in [3.8, 4) is 0 Å². The first-order valence-electron chi connectivity index (χ1n) is 9.88. The maximum atomic E-state index is 13.6. The Kier molecular flexibility index (Phi) is 7.05. The summed E-state index contributed by atoms with van der Waals surface area (Å²) in [6, 6.07) is 14.9. The Hall–Kier alpha value is -3.09. The Balaban J connectivity index is 1.42. The van der Waals surface area contributed by atoms with Crippen LogP contribution in [-0.4, -0.2) is 63.1 Å². The summed E-state index contributed by atoms with van der Waals surface area (Å²) in [5.41, 5.74) is 2.10. The Morgan fingerprint density at radius 2 is 1.72 bits per heavy atom. The highest BCUT2D eigenvalue weighted by Gasteiger charge is 2.19. The zero-order chi connectivity index (χ0) is 20.6. The van der Waals surface area contributed by atoms with Crippen molar-refractivity contribution in [2.24, 2.45) is 4.99 Å². The molecule has 0 aromatic heterocycles. The number of carbonyl (C=O) groups excluding carboxylic acids is 1. The lowest BCUT2D eigenvalue weighted by Crippen LogP contribution is -2.53. The van der Waals surface area contributed by atoms with Crippen molar-refractivity contribution in [3.05, 3.63) is 65.5 Å². The molecule has 0 spiro atoms. The van der Waals surface area contributed by atoms with Gasteiger partial charge >= 0.3 is 0 Å². The van der Waals surface area contributed by atoms with Crippen LogP contribution in [-0.2, 0) is 0 Å². The van der Waals surface area contributed by atoms with Gasteiger partial charge in [-0.2, -0.15) is 0 Å². The molecule has 3 rings (SSSR count). The predicted octanol–water partition coefficient (Wildman–Crippen LogP) is 2.26. The van der Waals surface area contributed by atoms with E-state index in [1.807, 2.05) is 6.07 Å². The number of guanidine groups is 1. The molecule has 29 heavy (non-hydrogen) atoms. The molecule has 2 aromatic carbocycles. The molecule has 0 saturated carbocycles. The molecule has 0 aliphatic carbocycles. The Bertz CT molecular complexity index is 848. The molecule has 0 radical (unpaired) electrons. The molecule has 7 heteroatoms. The van der Waals surface area contributed by atoms with E-state index in [2.05, 4.69) is 49.7 Å². The van der Waals surface area contributed by atoms with E-state index in [1.54, 1.807) is 26.1 Å². The van der Waals surface area contributed by atoms with Gasteiger partial charge in [0.2, 0.25) is 0 Å². The number of carbonyl (C=O) groups is 1. The van der Waals surface area contributed by atoms with Crippen LogP contribution in [0.1, 0.15) is 15.9 Å². The van der Waals surface area contributed by atoms with Gasteiger partial charge in [0.15, 0.2) is 5.96 Å². The lowest BCUT2D eigenvalue weighted by molar-refractivity contribution is 0.0954. The van der Waals surface area contributed by atoms with E-state index < -0.39 is 0 Å². The third kappa shape index (κ3) is 5.47. The summed E-state index contributed by atoms with van der Waals surface area (Å²) in [4.78, 5) is 21.1. The SMILES string of the molecule is CN=C(NCCNC(=O)c1ccc(C)c(F)c1)N1CCN(c2ccccc2)CC1. The van der Waals surface area contributed by atoms with E-state index in [0.29, 0.717) is 24.2 Å². The Morgan fingerprint density at radius 3 is 2.38 bits per heavy atom. The number of piperazine rings is 1. The first-order valence-corrected chi connectivity index (χ1v) is 9.88. The molecule has 0 unspecified atom stereocenters. The van der Waals surface area contributed by atoms with Gasteiger partial charge in [0.25, 0.3) is 5.91 Å². The molecule has 1 heterocycles. The maximum Gasteiger partial charge on any atom is 0.251 e. The minimum atomic E-state index is -0.370. The minimum Gasteiger partial charge on any atom is -0.368 e. The third-order valence-electron chi connectivity index (χ3n) is 5.04. The van der Waals surface area contributed by atoms with Crippen LogP contribution in [0.2, 0.25) is 0 Å². The average Bonchev–Trinajstić information content (AvgIpc) is 2.76. The standard InChI is InChI=1S/C22H28FN5O/c1-17-8-9-18(16-20(17)23)21(29)25-10-11-26-22(24-2)28-14-12-27(13-15-28)19-6-4-3-5-7-19/h3-9,16H,10-15H2,1-2H3,(H,24,26)(H,25,29). The topological polar surface area (TPSA) is 60.0 Å². The fourth-order valence-corrected chi connectivity index (χ4v) is 3.33. The summed E-state index contributed by atoms with van der Waals surface area (Å²) in [5.74, 6) is 0.177. The fraction of sp³-hybridized carbons (Fsp3) is 0.364. The van der Waals surface area contributed by atoms with Crippen LogP contribution in [0.25, 0.3) is 0 Å². The van der Waals surface area contributed by atoms with Crippen LogP contribution in [0, 0.1) is 12.7 Å². The van der Waals surface area contributed by atoms with Gasteiger partial charge in [0, 0.05) is 57.6 Å². The first kappa shape index (κ1) is 20.6. The molecule has 1 aliphatic heterocycles. The van der Waals surface area contributed by atoms with Gasteiger partial charge in [-0.25, -0.2) is 4.39 Å². The Morgan fingerprint density at radius 1 is 1.03 bits per heavy atom. The molecule has 0 bridgehead atoms. The number of nitrogens with zero attached hydrogens (tertiary/aromatic N) is 3. The monoisotopic (exact) mass is 397 g/mol. The summed E-state index contributed by atoms with van der Waals surface area (Å²) in [7, 11) is 1.76. The second-order valence-corrected chi connectivity index (χ2v) is 7.00. The summed E-state index contributed by atoms with van der Waals surface area (Å²) < 4.78 is 13.6. The largest absolute Gasteiger partial charge is 0.368 e. The van der Waals surface area contributed by atoms with E-state index in [-0.39, 0.29) is 11.7 Å². The highest BCUT2D eigenvalue weighted by molar-refractivity contribution is 5.94. The number of aryl methyl sites for hydroxylation is 1. The smallest absolute Gasteiger partial charge is 0.251 e. The number of halogens is 1. The molecule has 1 saturated heterocycles. The molecule has 6 nitrogen and oxygen atoms in total. The molecule has 0 atom stereocenters. The fourth-order valence-electron chi connectivity index (χ4n) is 3.33. The van der Waals surface area contributed by atoms with Crippen LogP contribution in [0.15, 0.2) is 53.5 Å². The van der Waals surface area contributed by atoms with Crippen LogP contribution in [0.4, 0.5) is 10.1 Å². The second-order valence-electron chi connectivity index (χ2n) is 7.00. The quantitative estimate of drug-likeness (QED) is 0.462. The normalized spacial score (nSPS) is 14.7. The van der Waals surface area contributed by atoms with E-state index in [9.17, 15) is 9.18 Å². The lowest BCUT2D eigenvalue weighted by atomic mass is 10.1. The highest BCUT2D eigenvalue weighted by atomic mass is 19.1. The van der Waals surface area contributed by atoms with E-state index in [1.165, 1.54) is 11.8 Å². The number of rotatable bonds is 5. The molecule has 1 aliphatic rings. The number of nitrogens with one attached hydrogen (secondary N) is 2. The van der Waals surface area contributed by atoms with Gasteiger partial charge in [-0.15, -0.1) is 0 Å². The summed E-state index contributed by atoms with van der Waals surface area (Å²) in [6.07, 6.45) is 0. The number of benzene rings is 2. The number of hydrogen-bond acceptors (Lipinski definition) is 3. The number of amides is 1. The maximum absolute atomic E-state index is 13.6. The molecule has 1 fully saturated rings. The van der Waals surface area contributed by atoms with Gasteiger partial charge in [0.05, 0.1) is 0 Å². The van der Waals surface area contributed by atoms with Gasteiger partial charge < -0.3 is 20.4 Å². The highest BCUT2D eigenvalue weighted by Crippen LogP contribution is 2.15. The molecule has 154 valence electrons. The molecule has 1 amide bonds. The van der Waals surface area contributed by atoms with Crippen LogP contribution in [0.5, 0.6) is 0 Å². The van der Waals surface area contributed by atoms with Crippen molar-refractivity contribution in [1.29, 1.82) is 0 Å². The van der Waals surface area contributed by atoms with Crippen LogP contribution < -0.4 is 15.5 Å². The van der Waals surface area contributed by atoms with Gasteiger partial charge in [-0.05, 0) is 36.8 Å². The van der Waals surface area contributed by atoms with Gasteiger partial charge in [-0.3, -0.25) is 9.79 Å². The van der Waals surface area contributed by atoms with Crippen LogP contribution >= 0.6 is 0 Å². The zero-order valence-electron chi connectivity index (χ0n) is 17.0. The summed E-state index contributed by atoms with van der Waals surface area (Å²) >= 11 is 0. The van der Waals surface area contributed by atoms with E-state index >= 15 is 0 Å². The van der Waals surface area contributed by atoms with Crippen molar-refractivity contribution in [1.82, 2.24) is 15.5 Å². The van der Waals surface area contributed by atoms with Crippen molar-refractivity contribution >= 4 is 17.6 Å². The van der Waals surface area contributed by atoms with Gasteiger partial charge in [-0.1, -0.05) is 24.3 Å². The Labute approximate surface area is 171 Å². The average molecular weight is 397 g/mol. The number of para-hydroxylation sites is 1. The van der Waals surface area contributed by atoms with E-state index in [0.717, 1.165) is 32.1 Å². The first-order chi connectivity index (χ1) is 14.1. The van der Waals surface area contributed by atoms with Crippen molar-refractivity contribution in [3.63, 3.8) is 0 Å². The summed E-state index contributed by atoms with van der Waals surface area (Å²) in [6.45, 7) is 6.27. The van der Waals surface area contributed by atoms with E-state index in [4.69, 9.17) is 0 Å². The predicted molar refractivity (Wildman–Crippen MR) is 115 cm³/mol.